The topological polar surface area (TPSA) is 29.0 Å². The van der Waals surface area contributed by atoms with Gasteiger partial charge in [-0.25, -0.2) is 9.97 Å². The van der Waals surface area contributed by atoms with E-state index in [-0.39, 0.29) is 0 Å². The lowest BCUT2D eigenvalue weighted by Crippen LogP contribution is -2.53. The van der Waals surface area contributed by atoms with Gasteiger partial charge in [-0.3, -0.25) is 0 Å². The third-order valence-corrected chi connectivity index (χ3v) is 3.02. The highest BCUT2D eigenvalue weighted by molar-refractivity contribution is 6.17. The summed E-state index contributed by atoms with van der Waals surface area (Å²) < 4.78 is 0. The van der Waals surface area contributed by atoms with Gasteiger partial charge in [-0.1, -0.05) is 13.8 Å². The van der Waals surface area contributed by atoms with Crippen LogP contribution in [0.15, 0.2) is 6.20 Å². The molecule has 3 nitrogen and oxygen atoms in total. The Balaban J connectivity index is 2.14. The molecule has 1 aromatic heterocycles. The molecule has 0 radical (unpaired) electrons. The SMILES string of the molecule is Cc1nc(N2CC(C)(C)C2)ncc1CCl. The van der Waals surface area contributed by atoms with Crippen molar-refractivity contribution in [3.05, 3.63) is 17.5 Å². The molecule has 15 heavy (non-hydrogen) atoms. The molecule has 0 spiro atoms. The first-order valence-electron chi connectivity index (χ1n) is 5.15. The van der Waals surface area contributed by atoms with E-state index >= 15 is 0 Å². The molecule has 0 atom stereocenters. The summed E-state index contributed by atoms with van der Waals surface area (Å²) in [4.78, 5) is 11.0. The van der Waals surface area contributed by atoms with Crippen molar-refractivity contribution >= 4 is 17.5 Å². The molecule has 0 amide bonds. The molecule has 1 fully saturated rings. The van der Waals surface area contributed by atoms with Crippen molar-refractivity contribution in [1.29, 1.82) is 0 Å². The van der Waals surface area contributed by atoms with Crippen LogP contribution in [0.3, 0.4) is 0 Å². The Labute approximate surface area is 95.5 Å². The lowest BCUT2D eigenvalue weighted by molar-refractivity contribution is 0.272. The van der Waals surface area contributed by atoms with Gasteiger partial charge in [0.25, 0.3) is 0 Å². The van der Waals surface area contributed by atoms with Crippen LogP contribution in [0.25, 0.3) is 0 Å². The second-order valence-corrected chi connectivity index (χ2v) is 5.20. The first-order chi connectivity index (χ1) is 7.02. The van der Waals surface area contributed by atoms with Gasteiger partial charge in [0.1, 0.15) is 0 Å². The molecule has 1 aliphatic heterocycles. The number of anilines is 1. The number of aromatic nitrogens is 2. The van der Waals surface area contributed by atoms with Crippen LogP contribution in [0.4, 0.5) is 5.95 Å². The van der Waals surface area contributed by atoms with E-state index < -0.39 is 0 Å². The second-order valence-electron chi connectivity index (χ2n) is 4.93. The van der Waals surface area contributed by atoms with Gasteiger partial charge < -0.3 is 4.90 Å². The summed E-state index contributed by atoms with van der Waals surface area (Å²) in [5.41, 5.74) is 2.41. The van der Waals surface area contributed by atoms with Crippen LogP contribution in [0, 0.1) is 12.3 Å². The minimum Gasteiger partial charge on any atom is -0.340 e. The molecule has 82 valence electrons. The Bertz CT molecular complexity index is 368. The quantitative estimate of drug-likeness (QED) is 0.724. The summed E-state index contributed by atoms with van der Waals surface area (Å²) >= 11 is 5.76. The average molecular weight is 226 g/mol. The van der Waals surface area contributed by atoms with Crippen molar-refractivity contribution in [3.63, 3.8) is 0 Å². The predicted molar refractivity (Wildman–Crippen MR) is 62.3 cm³/mol. The van der Waals surface area contributed by atoms with Crippen LogP contribution >= 0.6 is 11.6 Å². The highest BCUT2D eigenvalue weighted by atomic mass is 35.5. The summed E-state index contributed by atoms with van der Waals surface area (Å²) in [6, 6.07) is 0. The Morgan fingerprint density at radius 3 is 2.60 bits per heavy atom. The Kier molecular flexibility index (Phi) is 2.59. The second kappa shape index (κ2) is 3.63. The minimum absolute atomic E-state index is 0.405. The summed E-state index contributed by atoms with van der Waals surface area (Å²) in [7, 11) is 0. The molecule has 1 aliphatic rings. The smallest absolute Gasteiger partial charge is 0.225 e. The van der Waals surface area contributed by atoms with Crippen molar-refractivity contribution in [2.24, 2.45) is 5.41 Å². The van der Waals surface area contributed by atoms with Crippen LogP contribution in [0.1, 0.15) is 25.1 Å². The number of rotatable bonds is 2. The van der Waals surface area contributed by atoms with E-state index in [0.717, 1.165) is 30.3 Å². The highest BCUT2D eigenvalue weighted by Crippen LogP contribution is 2.31. The maximum absolute atomic E-state index is 5.76. The molecule has 0 saturated carbocycles. The van der Waals surface area contributed by atoms with Gasteiger partial charge in [0, 0.05) is 30.5 Å². The summed E-state index contributed by atoms with van der Waals surface area (Å²) in [5, 5.41) is 0. The molecule has 2 rings (SSSR count). The maximum Gasteiger partial charge on any atom is 0.225 e. The molecule has 0 N–H and O–H groups in total. The zero-order chi connectivity index (χ0) is 11.1. The molecule has 0 unspecified atom stereocenters. The lowest BCUT2D eigenvalue weighted by Gasteiger charge is -2.45. The van der Waals surface area contributed by atoms with Crippen LogP contribution in [-0.2, 0) is 5.88 Å². The molecule has 1 saturated heterocycles. The summed E-state index contributed by atoms with van der Waals surface area (Å²) in [6.07, 6.45) is 1.83. The van der Waals surface area contributed by atoms with Gasteiger partial charge in [0.15, 0.2) is 0 Å². The lowest BCUT2D eigenvalue weighted by atomic mass is 9.85. The normalized spacial score (nSPS) is 18.8. The van der Waals surface area contributed by atoms with Gasteiger partial charge in [0.2, 0.25) is 5.95 Å². The monoisotopic (exact) mass is 225 g/mol. The van der Waals surface area contributed by atoms with Gasteiger partial charge in [-0.15, -0.1) is 11.6 Å². The van der Waals surface area contributed by atoms with Gasteiger partial charge in [-0.2, -0.15) is 0 Å². The first kappa shape index (κ1) is 10.7. The van der Waals surface area contributed by atoms with E-state index in [0.29, 0.717) is 11.3 Å². The molecule has 2 heterocycles. The van der Waals surface area contributed by atoms with E-state index in [1.807, 2.05) is 13.1 Å². The largest absolute Gasteiger partial charge is 0.340 e. The van der Waals surface area contributed by atoms with E-state index in [4.69, 9.17) is 11.6 Å². The maximum atomic E-state index is 5.76. The zero-order valence-electron chi connectivity index (χ0n) is 9.42. The summed E-state index contributed by atoms with van der Waals surface area (Å²) in [6.45, 7) is 8.56. The van der Waals surface area contributed by atoms with Crippen LogP contribution in [0.5, 0.6) is 0 Å². The fraction of sp³-hybridized carbons (Fsp3) is 0.636. The standard InChI is InChI=1S/C11H16ClN3/c1-8-9(4-12)5-13-10(14-8)15-6-11(2,3)7-15/h5H,4,6-7H2,1-3H3. The van der Waals surface area contributed by atoms with Crippen molar-refractivity contribution in [1.82, 2.24) is 9.97 Å². The number of nitrogens with zero attached hydrogens (tertiary/aromatic N) is 3. The van der Waals surface area contributed by atoms with Crippen molar-refractivity contribution in [3.8, 4) is 0 Å². The number of aryl methyl sites for hydroxylation is 1. The average Bonchev–Trinajstić information content (AvgIpc) is 2.14. The third kappa shape index (κ3) is 2.07. The van der Waals surface area contributed by atoms with Gasteiger partial charge in [0.05, 0.1) is 5.88 Å². The molecular formula is C11H16ClN3. The Morgan fingerprint density at radius 1 is 1.47 bits per heavy atom. The van der Waals surface area contributed by atoms with Gasteiger partial charge >= 0.3 is 0 Å². The Morgan fingerprint density at radius 2 is 2.13 bits per heavy atom. The zero-order valence-corrected chi connectivity index (χ0v) is 10.2. The number of hydrogen-bond acceptors (Lipinski definition) is 3. The molecule has 0 aromatic carbocycles. The molecule has 4 heteroatoms. The van der Waals surface area contributed by atoms with E-state index in [1.54, 1.807) is 0 Å². The number of alkyl halides is 1. The fourth-order valence-corrected chi connectivity index (χ4v) is 2.15. The number of hydrogen-bond donors (Lipinski definition) is 0. The molecule has 0 bridgehead atoms. The minimum atomic E-state index is 0.405. The molecule has 1 aromatic rings. The van der Waals surface area contributed by atoms with Crippen LogP contribution in [-0.4, -0.2) is 23.1 Å². The summed E-state index contributed by atoms with van der Waals surface area (Å²) in [5.74, 6) is 1.32. The van der Waals surface area contributed by atoms with E-state index in [1.165, 1.54) is 0 Å². The van der Waals surface area contributed by atoms with E-state index in [2.05, 4.69) is 28.7 Å². The van der Waals surface area contributed by atoms with Crippen LogP contribution < -0.4 is 4.90 Å². The van der Waals surface area contributed by atoms with Gasteiger partial charge in [-0.05, 0) is 12.3 Å². The van der Waals surface area contributed by atoms with E-state index in [9.17, 15) is 0 Å². The highest BCUT2D eigenvalue weighted by Gasteiger charge is 2.35. The predicted octanol–water partition coefficient (Wildman–Crippen LogP) is 2.37. The van der Waals surface area contributed by atoms with Crippen molar-refractivity contribution in [2.75, 3.05) is 18.0 Å². The van der Waals surface area contributed by atoms with Crippen molar-refractivity contribution < 1.29 is 0 Å². The fourth-order valence-electron chi connectivity index (χ4n) is 1.89. The molecular weight excluding hydrogens is 210 g/mol. The van der Waals surface area contributed by atoms with Crippen LogP contribution in [0.2, 0.25) is 0 Å². The Hall–Kier alpha value is -0.830. The van der Waals surface area contributed by atoms with Crippen molar-refractivity contribution in [2.45, 2.75) is 26.7 Å². The third-order valence-electron chi connectivity index (χ3n) is 2.73. The number of halogens is 1. The molecule has 0 aliphatic carbocycles. The first-order valence-corrected chi connectivity index (χ1v) is 5.69.